The molecule has 0 aliphatic rings. The van der Waals surface area contributed by atoms with Gasteiger partial charge >= 0.3 is 0 Å². The standard InChI is InChI=1S/C14H17FN2O/c1-3-4-14-16-7-8-17(14)13-6-5-11(15)9-12(13)10(2)18/h5-10,18H,3-4H2,1-2H3/t10-/m0/s1. The summed E-state index contributed by atoms with van der Waals surface area (Å²) in [5.41, 5.74) is 1.36. The molecular weight excluding hydrogens is 231 g/mol. The molecule has 1 atom stereocenters. The lowest BCUT2D eigenvalue weighted by molar-refractivity contribution is 0.198. The molecule has 1 N–H and O–H groups in total. The van der Waals surface area contributed by atoms with Gasteiger partial charge in [0.15, 0.2) is 0 Å². The van der Waals surface area contributed by atoms with Gasteiger partial charge in [0.2, 0.25) is 0 Å². The summed E-state index contributed by atoms with van der Waals surface area (Å²) in [6.07, 6.45) is 4.68. The molecule has 0 bridgehead atoms. The quantitative estimate of drug-likeness (QED) is 0.903. The van der Waals surface area contributed by atoms with Gasteiger partial charge in [0.25, 0.3) is 0 Å². The van der Waals surface area contributed by atoms with E-state index in [0.717, 1.165) is 24.4 Å². The van der Waals surface area contributed by atoms with Gasteiger partial charge < -0.3 is 9.67 Å². The van der Waals surface area contributed by atoms with Crippen LogP contribution in [0.15, 0.2) is 30.6 Å². The van der Waals surface area contributed by atoms with E-state index in [4.69, 9.17) is 0 Å². The van der Waals surface area contributed by atoms with Crippen molar-refractivity contribution in [3.63, 3.8) is 0 Å². The minimum Gasteiger partial charge on any atom is -0.389 e. The minimum absolute atomic E-state index is 0.341. The fourth-order valence-corrected chi connectivity index (χ4v) is 2.04. The number of benzene rings is 1. The van der Waals surface area contributed by atoms with Crippen molar-refractivity contribution in [3.8, 4) is 5.69 Å². The zero-order valence-electron chi connectivity index (χ0n) is 10.6. The lowest BCUT2D eigenvalue weighted by atomic mass is 10.1. The first kappa shape index (κ1) is 12.8. The molecule has 0 fully saturated rings. The first-order valence-electron chi connectivity index (χ1n) is 6.13. The molecule has 96 valence electrons. The van der Waals surface area contributed by atoms with Crippen LogP contribution in [0.25, 0.3) is 5.69 Å². The van der Waals surface area contributed by atoms with Crippen LogP contribution in [0.1, 0.15) is 37.8 Å². The van der Waals surface area contributed by atoms with Crippen LogP contribution in [0.2, 0.25) is 0 Å². The van der Waals surface area contributed by atoms with Gasteiger partial charge in [-0.05, 0) is 31.5 Å². The largest absolute Gasteiger partial charge is 0.389 e. The fraction of sp³-hybridized carbons (Fsp3) is 0.357. The normalized spacial score (nSPS) is 12.7. The molecule has 1 aromatic carbocycles. The molecule has 3 nitrogen and oxygen atoms in total. The number of aliphatic hydroxyl groups is 1. The van der Waals surface area contributed by atoms with E-state index in [-0.39, 0.29) is 5.82 Å². The Kier molecular flexibility index (Phi) is 3.77. The summed E-state index contributed by atoms with van der Waals surface area (Å²) in [5.74, 6) is 0.581. The number of rotatable bonds is 4. The summed E-state index contributed by atoms with van der Waals surface area (Å²) >= 11 is 0. The lowest BCUT2D eigenvalue weighted by Crippen LogP contribution is -2.06. The summed E-state index contributed by atoms with van der Waals surface area (Å²) in [5, 5.41) is 9.75. The van der Waals surface area contributed by atoms with Gasteiger partial charge in [-0.15, -0.1) is 0 Å². The number of aromatic nitrogens is 2. The number of hydrogen-bond acceptors (Lipinski definition) is 2. The average molecular weight is 248 g/mol. The maximum Gasteiger partial charge on any atom is 0.123 e. The van der Waals surface area contributed by atoms with Crippen LogP contribution < -0.4 is 0 Å². The number of nitrogens with zero attached hydrogens (tertiary/aromatic N) is 2. The van der Waals surface area contributed by atoms with Crippen molar-refractivity contribution in [3.05, 3.63) is 47.8 Å². The number of aliphatic hydroxyl groups excluding tert-OH is 1. The fourth-order valence-electron chi connectivity index (χ4n) is 2.04. The molecular formula is C14H17FN2O. The third kappa shape index (κ3) is 2.43. The predicted molar refractivity (Wildman–Crippen MR) is 68.2 cm³/mol. The molecule has 2 rings (SSSR count). The van der Waals surface area contributed by atoms with Crippen molar-refractivity contribution >= 4 is 0 Å². The Bertz CT molecular complexity index is 534. The van der Waals surface area contributed by atoms with Crippen molar-refractivity contribution in [1.82, 2.24) is 9.55 Å². The van der Waals surface area contributed by atoms with E-state index in [1.54, 1.807) is 19.2 Å². The van der Waals surface area contributed by atoms with E-state index in [2.05, 4.69) is 11.9 Å². The molecule has 0 aliphatic carbocycles. The first-order chi connectivity index (χ1) is 8.63. The summed E-state index contributed by atoms with van der Waals surface area (Å²) in [7, 11) is 0. The van der Waals surface area contributed by atoms with E-state index in [1.165, 1.54) is 12.1 Å². The van der Waals surface area contributed by atoms with E-state index < -0.39 is 6.10 Å². The monoisotopic (exact) mass is 248 g/mol. The third-order valence-electron chi connectivity index (χ3n) is 2.89. The highest BCUT2D eigenvalue weighted by Gasteiger charge is 2.13. The Morgan fingerprint density at radius 3 is 2.89 bits per heavy atom. The van der Waals surface area contributed by atoms with Gasteiger partial charge in [-0.1, -0.05) is 6.92 Å². The van der Waals surface area contributed by atoms with Crippen LogP contribution in [-0.4, -0.2) is 14.7 Å². The zero-order chi connectivity index (χ0) is 13.1. The van der Waals surface area contributed by atoms with Gasteiger partial charge in [0, 0.05) is 24.4 Å². The number of aryl methyl sites for hydroxylation is 1. The Hall–Kier alpha value is -1.68. The van der Waals surface area contributed by atoms with Gasteiger partial charge in [-0.2, -0.15) is 0 Å². The van der Waals surface area contributed by atoms with Crippen molar-refractivity contribution in [1.29, 1.82) is 0 Å². The molecule has 0 unspecified atom stereocenters. The van der Waals surface area contributed by atoms with Crippen molar-refractivity contribution in [2.75, 3.05) is 0 Å². The van der Waals surface area contributed by atoms with Crippen molar-refractivity contribution in [2.24, 2.45) is 0 Å². The van der Waals surface area contributed by atoms with Gasteiger partial charge in [-0.3, -0.25) is 0 Å². The average Bonchev–Trinajstić information content (AvgIpc) is 2.77. The summed E-state index contributed by atoms with van der Waals surface area (Å²) in [6.45, 7) is 3.72. The van der Waals surface area contributed by atoms with E-state index in [9.17, 15) is 9.50 Å². The number of halogens is 1. The molecule has 0 aliphatic heterocycles. The number of hydrogen-bond donors (Lipinski definition) is 1. The predicted octanol–water partition coefficient (Wildman–Crippen LogP) is 3.02. The van der Waals surface area contributed by atoms with Crippen LogP contribution in [0.3, 0.4) is 0 Å². The molecule has 0 saturated heterocycles. The topological polar surface area (TPSA) is 38.0 Å². The molecule has 1 aromatic heterocycles. The van der Waals surface area contributed by atoms with Gasteiger partial charge in [-0.25, -0.2) is 9.37 Å². The van der Waals surface area contributed by atoms with Crippen LogP contribution >= 0.6 is 0 Å². The summed E-state index contributed by atoms with van der Waals surface area (Å²) < 4.78 is 15.2. The van der Waals surface area contributed by atoms with Crippen molar-refractivity contribution < 1.29 is 9.50 Å². The Balaban J connectivity index is 2.52. The Morgan fingerprint density at radius 2 is 2.22 bits per heavy atom. The molecule has 2 aromatic rings. The zero-order valence-corrected chi connectivity index (χ0v) is 10.6. The second-order valence-corrected chi connectivity index (χ2v) is 4.34. The van der Waals surface area contributed by atoms with Crippen LogP contribution in [0, 0.1) is 5.82 Å². The molecule has 0 amide bonds. The van der Waals surface area contributed by atoms with Crippen LogP contribution in [0.5, 0.6) is 0 Å². The highest BCUT2D eigenvalue weighted by atomic mass is 19.1. The van der Waals surface area contributed by atoms with Crippen LogP contribution in [-0.2, 0) is 6.42 Å². The molecule has 1 heterocycles. The lowest BCUT2D eigenvalue weighted by Gasteiger charge is -2.15. The molecule has 4 heteroatoms. The molecule has 0 saturated carbocycles. The molecule has 0 spiro atoms. The SMILES string of the molecule is CCCc1nccn1-c1ccc(F)cc1[C@H](C)O. The summed E-state index contributed by atoms with van der Waals surface area (Å²) in [6, 6.07) is 4.45. The van der Waals surface area contributed by atoms with E-state index >= 15 is 0 Å². The molecule has 18 heavy (non-hydrogen) atoms. The second-order valence-electron chi connectivity index (χ2n) is 4.34. The maximum atomic E-state index is 13.3. The van der Waals surface area contributed by atoms with Crippen molar-refractivity contribution in [2.45, 2.75) is 32.8 Å². The van der Waals surface area contributed by atoms with E-state index in [0.29, 0.717) is 5.56 Å². The Labute approximate surface area is 106 Å². The highest BCUT2D eigenvalue weighted by Crippen LogP contribution is 2.24. The minimum atomic E-state index is -0.715. The Morgan fingerprint density at radius 1 is 1.44 bits per heavy atom. The maximum absolute atomic E-state index is 13.3. The number of imidazole rings is 1. The van der Waals surface area contributed by atoms with E-state index in [1.807, 2.05) is 10.8 Å². The molecule has 0 radical (unpaired) electrons. The van der Waals surface area contributed by atoms with Gasteiger partial charge in [0.05, 0.1) is 11.8 Å². The smallest absolute Gasteiger partial charge is 0.123 e. The first-order valence-corrected chi connectivity index (χ1v) is 6.13. The highest BCUT2D eigenvalue weighted by molar-refractivity contribution is 5.43. The summed E-state index contributed by atoms with van der Waals surface area (Å²) in [4.78, 5) is 4.29. The second kappa shape index (κ2) is 5.31. The van der Waals surface area contributed by atoms with Gasteiger partial charge in [0.1, 0.15) is 11.6 Å². The third-order valence-corrected chi connectivity index (χ3v) is 2.89. The van der Waals surface area contributed by atoms with Crippen LogP contribution in [0.4, 0.5) is 4.39 Å².